The summed E-state index contributed by atoms with van der Waals surface area (Å²) in [7, 11) is 0. The fourth-order valence-corrected chi connectivity index (χ4v) is 5.55. The number of furan rings is 1. The summed E-state index contributed by atoms with van der Waals surface area (Å²) in [6.45, 7) is 4.38. The number of nitriles is 1. The number of carbonyl (C=O) groups excluding carboxylic acids is 2. The maximum Gasteiger partial charge on any atom is 0.287 e. The Balaban J connectivity index is 1.08. The minimum atomic E-state index is -0.715. The topological polar surface area (TPSA) is 112 Å². The number of ether oxygens (including phenoxy) is 1. The Bertz CT molecular complexity index is 1460. The van der Waals surface area contributed by atoms with E-state index in [0.29, 0.717) is 31.7 Å². The molecule has 4 aromatic rings. The van der Waals surface area contributed by atoms with Crippen LogP contribution in [0.25, 0.3) is 11.1 Å². The highest BCUT2D eigenvalue weighted by Crippen LogP contribution is 2.23. The molecule has 0 aliphatic carbocycles. The summed E-state index contributed by atoms with van der Waals surface area (Å²) < 4.78 is 11.2. The summed E-state index contributed by atoms with van der Waals surface area (Å²) in [5.74, 6) is 0.492. The van der Waals surface area contributed by atoms with E-state index in [9.17, 15) is 9.59 Å². The predicted octanol–water partition coefficient (Wildman–Crippen LogP) is 4.62. The molecule has 1 aliphatic rings. The van der Waals surface area contributed by atoms with Gasteiger partial charge in [0.15, 0.2) is 5.76 Å². The molecule has 42 heavy (non-hydrogen) atoms. The minimum absolute atomic E-state index is 0.0995. The van der Waals surface area contributed by atoms with Gasteiger partial charge in [0, 0.05) is 38.0 Å². The van der Waals surface area contributed by atoms with Gasteiger partial charge in [-0.2, -0.15) is 5.26 Å². The average molecular weight is 584 g/mol. The molecule has 1 N–H and O–H groups in total. The van der Waals surface area contributed by atoms with Crippen molar-refractivity contribution < 1.29 is 18.7 Å². The van der Waals surface area contributed by atoms with Gasteiger partial charge in [0.05, 0.1) is 35.7 Å². The molecule has 1 aliphatic heterocycles. The number of rotatable bonds is 11. The standard InChI is InChI=1S/C32H33N5O4S/c33-21-24-5-7-25(8-6-24)26-9-11-28(12-10-26)40-19-3-14-36-13-2-15-37(17-16-36)32(39)29(20-27-22-42-23-34-27)35-31(38)30-4-1-18-41-30/h1,4-12,18,22-23,29H,2-3,13-17,19-20H2,(H,35,38)/t29-/m1/s1. The summed E-state index contributed by atoms with van der Waals surface area (Å²) in [5, 5.41) is 13.7. The van der Waals surface area contributed by atoms with E-state index in [0.717, 1.165) is 55.0 Å². The molecule has 2 aromatic carbocycles. The normalized spacial score (nSPS) is 14.5. The summed E-state index contributed by atoms with van der Waals surface area (Å²) in [4.78, 5) is 34.8. The van der Waals surface area contributed by atoms with Gasteiger partial charge in [-0.05, 0) is 66.9 Å². The number of amides is 2. The van der Waals surface area contributed by atoms with E-state index in [-0.39, 0.29) is 11.7 Å². The number of hydrogen-bond donors (Lipinski definition) is 1. The third kappa shape index (κ3) is 7.84. The molecule has 1 atom stereocenters. The number of aromatic nitrogens is 1. The molecule has 1 fully saturated rings. The lowest BCUT2D eigenvalue weighted by atomic mass is 10.0. The van der Waals surface area contributed by atoms with Crippen LogP contribution in [-0.4, -0.2) is 72.0 Å². The van der Waals surface area contributed by atoms with Gasteiger partial charge < -0.3 is 24.3 Å². The first-order chi connectivity index (χ1) is 20.6. The van der Waals surface area contributed by atoms with Crippen LogP contribution in [0.4, 0.5) is 0 Å². The first-order valence-corrected chi connectivity index (χ1v) is 15.0. The van der Waals surface area contributed by atoms with Gasteiger partial charge in [-0.3, -0.25) is 9.59 Å². The summed E-state index contributed by atoms with van der Waals surface area (Å²) in [6.07, 6.45) is 3.51. The highest BCUT2D eigenvalue weighted by Gasteiger charge is 2.29. The number of nitrogens with one attached hydrogen (secondary N) is 1. The van der Waals surface area contributed by atoms with E-state index in [1.165, 1.54) is 17.6 Å². The smallest absolute Gasteiger partial charge is 0.287 e. The van der Waals surface area contributed by atoms with E-state index < -0.39 is 11.9 Å². The first kappa shape index (κ1) is 29.0. The number of carbonyl (C=O) groups is 2. The lowest BCUT2D eigenvalue weighted by Crippen LogP contribution is -2.50. The molecule has 0 spiro atoms. The quantitative estimate of drug-likeness (QED) is 0.257. The molecule has 5 rings (SSSR count). The second-order valence-corrected chi connectivity index (χ2v) is 10.8. The lowest BCUT2D eigenvalue weighted by molar-refractivity contribution is -0.133. The van der Waals surface area contributed by atoms with Gasteiger partial charge in [0.2, 0.25) is 5.91 Å². The van der Waals surface area contributed by atoms with Gasteiger partial charge in [0.25, 0.3) is 5.91 Å². The lowest BCUT2D eigenvalue weighted by Gasteiger charge is -2.26. The second kappa shape index (κ2) is 14.4. The maximum atomic E-state index is 13.6. The third-order valence-electron chi connectivity index (χ3n) is 7.23. The summed E-state index contributed by atoms with van der Waals surface area (Å²) in [6, 6.07) is 20.2. The van der Waals surface area contributed by atoms with Crippen molar-refractivity contribution in [2.75, 3.05) is 39.3 Å². The van der Waals surface area contributed by atoms with Crippen LogP contribution in [0.1, 0.15) is 34.7 Å². The second-order valence-electron chi connectivity index (χ2n) is 10.1. The van der Waals surface area contributed by atoms with E-state index in [2.05, 4.69) is 21.3 Å². The zero-order valence-corrected chi connectivity index (χ0v) is 24.1. The Hall–Kier alpha value is -4.46. The van der Waals surface area contributed by atoms with E-state index in [4.69, 9.17) is 14.4 Å². The Morgan fingerprint density at radius 2 is 1.83 bits per heavy atom. The fourth-order valence-electron chi connectivity index (χ4n) is 4.98. The van der Waals surface area contributed by atoms with Crippen molar-refractivity contribution in [2.24, 2.45) is 0 Å². The molecule has 9 nitrogen and oxygen atoms in total. The monoisotopic (exact) mass is 583 g/mol. The van der Waals surface area contributed by atoms with Gasteiger partial charge in [-0.25, -0.2) is 4.98 Å². The molecule has 3 heterocycles. The molecule has 0 bridgehead atoms. The van der Waals surface area contributed by atoms with Crippen LogP contribution in [0.15, 0.2) is 82.2 Å². The molecule has 0 radical (unpaired) electrons. The number of nitrogens with zero attached hydrogens (tertiary/aromatic N) is 4. The van der Waals surface area contributed by atoms with Crippen LogP contribution < -0.4 is 10.1 Å². The molecular weight excluding hydrogens is 550 g/mol. The van der Waals surface area contributed by atoms with Gasteiger partial charge in [-0.15, -0.1) is 11.3 Å². The van der Waals surface area contributed by atoms with Crippen molar-refractivity contribution in [3.8, 4) is 22.9 Å². The largest absolute Gasteiger partial charge is 0.494 e. The van der Waals surface area contributed by atoms with E-state index >= 15 is 0 Å². The zero-order chi connectivity index (χ0) is 29.1. The molecule has 2 aromatic heterocycles. The fraction of sp³-hybridized carbons (Fsp3) is 0.312. The molecule has 0 unspecified atom stereocenters. The van der Waals surface area contributed by atoms with Crippen molar-refractivity contribution in [3.05, 3.63) is 94.8 Å². The number of thiazole rings is 1. The molecule has 0 saturated carbocycles. The molecule has 1 saturated heterocycles. The third-order valence-corrected chi connectivity index (χ3v) is 7.87. The summed E-state index contributed by atoms with van der Waals surface area (Å²) >= 11 is 1.46. The zero-order valence-electron chi connectivity index (χ0n) is 23.3. The van der Waals surface area contributed by atoms with Crippen LogP contribution >= 0.6 is 11.3 Å². The first-order valence-electron chi connectivity index (χ1n) is 14.0. The SMILES string of the molecule is N#Cc1ccc(-c2ccc(OCCCN3CCCN(C(=O)[C@@H](Cc4cscn4)NC(=O)c4ccco4)CC3)cc2)cc1. The predicted molar refractivity (Wildman–Crippen MR) is 160 cm³/mol. The van der Waals surface area contributed by atoms with Gasteiger partial charge in [0.1, 0.15) is 11.8 Å². The Morgan fingerprint density at radius 3 is 2.52 bits per heavy atom. The van der Waals surface area contributed by atoms with Gasteiger partial charge in [-0.1, -0.05) is 24.3 Å². The van der Waals surface area contributed by atoms with Gasteiger partial charge >= 0.3 is 0 Å². The van der Waals surface area contributed by atoms with Crippen molar-refractivity contribution in [3.63, 3.8) is 0 Å². The van der Waals surface area contributed by atoms with E-state index in [1.54, 1.807) is 17.6 Å². The van der Waals surface area contributed by atoms with E-state index in [1.807, 2.05) is 58.8 Å². The molecule has 10 heteroatoms. The van der Waals surface area contributed by atoms with Crippen LogP contribution in [-0.2, 0) is 11.2 Å². The van der Waals surface area contributed by atoms with Crippen LogP contribution in [0.2, 0.25) is 0 Å². The molecule has 216 valence electrons. The van der Waals surface area contributed by atoms with Crippen molar-refractivity contribution in [1.82, 2.24) is 20.1 Å². The van der Waals surface area contributed by atoms with Crippen LogP contribution in [0.3, 0.4) is 0 Å². The highest BCUT2D eigenvalue weighted by atomic mass is 32.1. The Labute approximate surface area is 249 Å². The number of hydrogen-bond acceptors (Lipinski definition) is 8. The van der Waals surface area contributed by atoms with Crippen LogP contribution in [0.5, 0.6) is 5.75 Å². The molecule has 2 amide bonds. The maximum absolute atomic E-state index is 13.6. The Morgan fingerprint density at radius 1 is 1.05 bits per heavy atom. The van der Waals surface area contributed by atoms with Crippen LogP contribution in [0, 0.1) is 11.3 Å². The Kier molecular flexibility index (Phi) is 9.98. The number of benzene rings is 2. The van der Waals surface area contributed by atoms with Crippen molar-refractivity contribution >= 4 is 23.2 Å². The average Bonchev–Trinajstić information content (AvgIpc) is 3.71. The summed E-state index contributed by atoms with van der Waals surface area (Å²) in [5.41, 5.74) is 5.28. The molecular formula is C32H33N5O4S. The van der Waals surface area contributed by atoms with Crippen molar-refractivity contribution in [2.45, 2.75) is 25.3 Å². The minimum Gasteiger partial charge on any atom is -0.494 e. The highest BCUT2D eigenvalue weighted by molar-refractivity contribution is 7.07. The van der Waals surface area contributed by atoms with Crippen molar-refractivity contribution in [1.29, 1.82) is 5.26 Å².